The average molecular weight is 341 g/mol. The second kappa shape index (κ2) is 7.51. The van der Waals surface area contributed by atoms with Gasteiger partial charge in [0.05, 0.1) is 11.9 Å². The molecule has 6 heteroatoms. The molecular formula is C19H23N3O3. The molecule has 1 amide bonds. The number of nitrogens with one attached hydrogen (secondary N) is 2. The second-order valence-electron chi connectivity index (χ2n) is 6.69. The molecule has 0 bridgehead atoms. The maximum Gasteiger partial charge on any atom is 0.258 e. The Hall–Kier alpha value is -2.63. The third-order valence-electron chi connectivity index (χ3n) is 4.81. The molecule has 25 heavy (non-hydrogen) atoms. The highest BCUT2D eigenvalue weighted by molar-refractivity contribution is 5.78. The molecule has 3 rings (SSSR count). The van der Waals surface area contributed by atoms with Gasteiger partial charge >= 0.3 is 0 Å². The van der Waals surface area contributed by atoms with Gasteiger partial charge in [0.2, 0.25) is 11.8 Å². The molecule has 6 nitrogen and oxygen atoms in total. The van der Waals surface area contributed by atoms with E-state index in [1.54, 1.807) is 0 Å². The maximum absolute atomic E-state index is 12.5. The lowest BCUT2D eigenvalue weighted by Crippen LogP contribution is -2.34. The molecule has 1 aliphatic rings. The number of benzene rings is 1. The van der Waals surface area contributed by atoms with Crippen LogP contribution in [0.25, 0.3) is 0 Å². The first kappa shape index (κ1) is 17.2. The molecule has 1 aromatic heterocycles. The molecule has 1 aliphatic carbocycles. The molecule has 1 atom stereocenters. The summed E-state index contributed by atoms with van der Waals surface area (Å²) in [5.74, 6) is -0.984. The molecule has 1 saturated carbocycles. The fourth-order valence-electron chi connectivity index (χ4n) is 3.44. The number of amides is 1. The number of hydrogen-bond donors (Lipinski definition) is 3. The number of carbonyl (C=O) groups excluding carboxylic acids is 1. The normalized spacial score (nSPS) is 15.9. The predicted octanol–water partition coefficient (Wildman–Crippen LogP) is 2.36. The summed E-state index contributed by atoms with van der Waals surface area (Å²) >= 11 is 0. The fourth-order valence-corrected chi connectivity index (χ4v) is 3.44. The van der Waals surface area contributed by atoms with Gasteiger partial charge in [-0.25, -0.2) is 4.98 Å². The zero-order chi connectivity index (χ0) is 17.8. The first-order valence-electron chi connectivity index (χ1n) is 8.67. The van der Waals surface area contributed by atoms with Crippen LogP contribution in [-0.2, 0) is 4.79 Å². The van der Waals surface area contributed by atoms with Gasteiger partial charge in [-0.1, -0.05) is 42.7 Å². The summed E-state index contributed by atoms with van der Waals surface area (Å²) in [6.45, 7) is 1.97. The molecule has 0 aliphatic heterocycles. The minimum absolute atomic E-state index is 0.0991. The maximum atomic E-state index is 12.5. The van der Waals surface area contributed by atoms with Crippen molar-refractivity contribution in [2.75, 3.05) is 0 Å². The number of aromatic amines is 1. The Morgan fingerprint density at radius 2 is 2.00 bits per heavy atom. The first-order valence-corrected chi connectivity index (χ1v) is 8.67. The molecule has 0 spiro atoms. The van der Waals surface area contributed by atoms with Crippen LogP contribution in [0.2, 0.25) is 0 Å². The highest BCUT2D eigenvalue weighted by atomic mass is 16.3. The number of hydrogen-bond acceptors (Lipinski definition) is 4. The van der Waals surface area contributed by atoms with E-state index >= 15 is 0 Å². The van der Waals surface area contributed by atoms with E-state index in [1.807, 2.05) is 31.2 Å². The summed E-state index contributed by atoms with van der Waals surface area (Å²) in [5, 5.41) is 13.2. The summed E-state index contributed by atoms with van der Waals surface area (Å²) in [7, 11) is 0. The van der Waals surface area contributed by atoms with E-state index in [4.69, 9.17) is 0 Å². The molecule has 0 radical (unpaired) electrons. The van der Waals surface area contributed by atoms with Gasteiger partial charge in [-0.05, 0) is 25.3 Å². The van der Waals surface area contributed by atoms with Crippen molar-refractivity contribution in [2.24, 2.45) is 0 Å². The second-order valence-corrected chi connectivity index (χ2v) is 6.69. The molecule has 3 N–H and O–H groups in total. The smallest absolute Gasteiger partial charge is 0.258 e. The molecule has 2 aromatic rings. The van der Waals surface area contributed by atoms with Crippen molar-refractivity contribution in [1.29, 1.82) is 0 Å². The molecule has 1 fully saturated rings. The lowest BCUT2D eigenvalue weighted by molar-refractivity contribution is -0.122. The Morgan fingerprint density at radius 1 is 1.32 bits per heavy atom. The van der Waals surface area contributed by atoms with Crippen molar-refractivity contribution in [3.63, 3.8) is 0 Å². The fraction of sp³-hybridized carbons (Fsp3) is 0.421. The monoisotopic (exact) mass is 341 g/mol. The Morgan fingerprint density at radius 3 is 2.64 bits per heavy atom. The van der Waals surface area contributed by atoms with Gasteiger partial charge < -0.3 is 15.4 Å². The highest BCUT2D eigenvalue weighted by Gasteiger charge is 2.26. The van der Waals surface area contributed by atoms with E-state index in [0.29, 0.717) is 0 Å². The number of carbonyl (C=O) groups is 1. The van der Waals surface area contributed by atoms with Crippen LogP contribution in [0.1, 0.15) is 54.7 Å². The summed E-state index contributed by atoms with van der Waals surface area (Å²) in [6, 6.07) is 7.84. The summed E-state index contributed by atoms with van der Waals surface area (Å²) in [4.78, 5) is 31.1. The SMILES string of the molecule is Cc1ccc([C@@H](CC(=O)NC2CCCC2)c2c(O)nc[nH]c2=O)cc1. The van der Waals surface area contributed by atoms with E-state index in [0.717, 1.165) is 43.1 Å². The van der Waals surface area contributed by atoms with Crippen LogP contribution in [0.3, 0.4) is 0 Å². The Labute approximate surface area is 146 Å². The lowest BCUT2D eigenvalue weighted by atomic mass is 9.88. The van der Waals surface area contributed by atoms with Gasteiger partial charge in [-0.2, -0.15) is 0 Å². The van der Waals surface area contributed by atoms with Crippen LogP contribution in [0.4, 0.5) is 0 Å². The van der Waals surface area contributed by atoms with Gasteiger partial charge in [0.15, 0.2) is 0 Å². The van der Waals surface area contributed by atoms with Crippen molar-refractivity contribution in [2.45, 2.75) is 51.0 Å². The molecule has 1 aromatic carbocycles. The van der Waals surface area contributed by atoms with Gasteiger partial charge in [0.25, 0.3) is 5.56 Å². The van der Waals surface area contributed by atoms with Crippen molar-refractivity contribution in [1.82, 2.24) is 15.3 Å². The van der Waals surface area contributed by atoms with Gasteiger partial charge in [-0.3, -0.25) is 9.59 Å². The van der Waals surface area contributed by atoms with Crippen LogP contribution in [0, 0.1) is 6.92 Å². The van der Waals surface area contributed by atoms with Crippen LogP contribution in [0.15, 0.2) is 35.4 Å². The highest BCUT2D eigenvalue weighted by Crippen LogP contribution is 2.30. The average Bonchev–Trinajstić information content (AvgIpc) is 3.07. The molecular weight excluding hydrogens is 318 g/mol. The molecule has 0 saturated heterocycles. The number of nitrogens with zero attached hydrogens (tertiary/aromatic N) is 1. The Bertz CT molecular complexity index is 792. The quantitative estimate of drug-likeness (QED) is 0.778. The van der Waals surface area contributed by atoms with Crippen LogP contribution in [0.5, 0.6) is 5.88 Å². The van der Waals surface area contributed by atoms with E-state index in [-0.39, 0.29) is 29.8 Å². The lowest BCUT2D eigenvalue weighted by Gasteiger charge is -2.19. The van der Waals surface area contributed by atoms with Crippen molar-refractivity contribution in [3.8, 4) is 5.88 Å². The predicted molar refractivity (Wildman–Crippen MR) is 94.6 cm³/mol. The van der Waals surface area contributed by atoms with Crippen molar-refractivity contribution >= 4 is 5.91 Å². The number of rotatable bonds is 5. The number of aryl methyl sites for hydroxylation is 1. The number of H-pyrrole nitrogens is 1. The van der Waals surface area contributed by atoms with Crippen LogP contribution >= 0.6 is 0 Å². The zero-order valence-electron chi connectivity index (χ0n) is 14.3. The van der Waals surface area contributed by atoms with E-state index in [1.165, 1.54) is 0 Å². The molecule has 132 valence electrons. The first-order chi connectivity index (χ1) is 12.0. The zero-order valence-corrected chi connectivity index (χ0v) is 14.3. The third kappa shape index (κ3) is 4.07. The minimum atomic E-state index is -0.542. The van der Waals surface area contributed by atoms with Crippen molar-refractivity contribution < 1.29 is 9.90 Å². The van der Waals surface area contributed by atoms with E-state index < -0.39 is 11.5 Å². The standard InChI is InChI=1S/C19H23N3O3/c1-12-6-8-13(9-7-12)15(17-18(24)20-11-21-19(17)25)10-16(23)22-14-4-2-3-5-14/h6-9,11,14-15H,2-5,10H2,1H3,(H,22,23)(H2,20,21,24,25)/t15-/m1/s1. The molecule has 1 heterocycles. The van der Waals surface area contributed by atoms with Gasteiger partial charge in [-0.15, -0.1) is 0 Å². The van der Waals surface area contributed by atoms with Crippen molar-refractivity contribution in [3.05, 3.63) is 57.6 Å². The Kier molecular flexibility index (Phi) is 5.16. The van der Waals surface area contributed by atoms with E-state index in [2.05, 4.69) is 15.3 Å². The van der Waals surface area contributed by atoms with Gasteiger partial charge in [0, 0.05) is 18.4 Å². The summed E-state index contributed by atoms with van der Waals surface area (Å²) in [5.41, 5.74) is 1.60. The van der Waals surface area contributed by atoms with E-state index in [9.17, 15) is 14.7 Å². The van der Waals surface area contributed by atoms with Gasteiger partial charge in [0.1, 0.15) is 0 Å². The topological polar surface area (TPSA) is 95.1 Å². The number of aromatic nitrogens is 2. The van der Waals surface area contributed by atoms with Crippen LogP contribution < -0.4 is 10.9 Å². The molecule has 0 unspecified atom stereocenters. The Balaban J connectivity index is 1.90. The summed E-state index contributed by atoms with van der Waals surface area (Å²) in [6.07, 6.45) is 5.53. The third-order valence-corrected chi connectivity index (χ3v) is 4.81. The minimum Gasteiger partial charge on any atom is -0.493 e. The number of aromatic hydroxyl groups is 1. The summed E-state index contributed by atoms with van der Waals surface area (Å²) < 4.78 is 0. The van der Waals surface area contributed by atoms with Crippen LogP contribution in [-0.4, -0.2) is 27.0 Å². The largest absolute Gasteiger partial charge is 0.493 e.